The van der Waals surface area contributed by atoms with Gasteiger partial charge in [0, 0.05) is 11.3 Å². The van der Waals surface area contributed by atoms with Gasteiger partial charge in [-0.1, -0.05) is 12.1 Å². The van der Waals surface area contributed by atoms with E-state index in [1.54, 1.807) is 50.2 Å². The molecule has 4 rings (SSSR count). The number of methoxy groups -OCH3 is 1. The van der Waals surface area contributed by atoms with Gasteiger partial charge in [-0.3, -0.25) is 9.69 Å². The maximum atomic E-state index is 15.2. The summed E-state index contributed by atoms with van der Waals surface area (Å²) in [5.41, 5.74) is -2.02. The molecule has 0 radical (unpaired) electrons. The fraction of sp³-hybridized carbons (Fsp3) is 0.192. The Hall–Kier alpha value is -3.97. The fourth-order valence-corrected chi connectivity index (χ4v) is 4.63. The molecule has 1 fully saturated rings. The van der Waals surface area contributed by atoms with Gasteiger partial charge in [0.2, 0.25) is 0 Å². The number of anilines is 2. The van der Waals surface area contributed by atoms with E-state index in [2.05, 4.69) is 0 Å². The van der Waals surface area contributed by atoms with Gasteiger partial charge in [0.05, 0.1) is 30.0 Å². The second kappa shape index (κ2) is 8.91. The number of alkyl halides is 3. The van der Waals surface area contributed by atoms with Crippen LogP contribution in [0.5, 0.6) is 5.75 Å². The smallest absolute Gasteiger partial charge is 0.417 e. The highest BCUT2D eigenvalue weighted by molar-refractivity contribution is 7.81. The Kier molecular flexibility index (Phi) is 6.22. The molecule has 3 aromatic rings. The Labute approximate surface area is 210 Å². The Balaban J connectivity index is 1.74. The summed E-state index contributed by atoms with van der Waals surface area (Å²) in [4.78, 5) is 15.7. The summed E-state index contributed by atoms with van der Waals surface area (Å²) >= 11 is 5.50. The first kappa shape index (κ1) is 25.1. The van der Waals surface area contributed by atoms with Gasteiger partial charge in [-0.2, -0.15) is 18.4 Å². The maximum absolute atomic E-state index is 15.2. The summed E-state index contributed by atoms with van der Waals surface area (Å²) in [5.74, 6) is -0.542. The molecule has 0 saturated carbocycles. The molecular weight excluding hydrogens is 494 g/mol. The molecule has 36 heavy (non-hydrogen) atoms. The third-order valence-electron chi connectivity index (χ3n) is 5.97. The number of halogens is 4. The Morgan fingerprint density at radius 2 is 1.64 bits per heavy atom. The molecule has 0 spiro atoms. The molecule has 0 aliphatic carbocycles. The van der Waals surface area contributed by atoms with Crippen molar-refractivity contribution in [3.05, 3.63) is 77.6 Å². The second-order valence-corrected chi connectivity index (χ2v) is 8.91. The lowest BCUT2D eigenvalue weighted by Gasteiger charge is -2.29. The summed E-state index contributed by atoms with van der Waals surface area (Å²) in [5, 5.41) is 8.95. The zero-order valence-corrected chi connectivity index (χ0v) is 20.2. The molecule has 0 aromatic heterocycles. The van der Waals surface area contributed by atoms with Crippen LogP contribution in [0.1, 0.15) is 25.0 Å². The summed E-state index contributed by atoms with van der Waals surface area (Å²) in [7, 11) is 1.53. The molecule has 1 aliphatic rings. The van der Waals surface area contributed by atoms with E-state index in [1.807, 2.05) is 0 Å². The van der Waals surface area contributed by atoms with Crippen LogP contribution in [0.3, 0.4) is 0 Å². The lowest BCUT2D eigenvalue weighted by atomic mass is 10.0. The highest BCUT2D eigenvalue weighted by Crippen LogP contribution is 2.40. The highest BCUT2D eigenvalue weighted by atomic mass is 32.1. The number of nitriles is 1. The highest BCUT2D eigenvalue weighted by Gasteiger charge is 2.50. The molecule has 3 aromatic carbocycles. The van der Waals surface area contributed by atoms with Gasteiger partial charge in [-0.25, -0.2) is 4.39 Å². The number of hydrogen-bond acceptors (Lipinski definition) is 4. The van der Waals surface area contributed by atoms with E-state index >= 15 is 4.39 Å². The van der Waals surface area contributed by atoms with E-state index in [0.717, 1.165) is 17.0 Å². The van der Waals surface area contributed by atoms with Crippen LogP contribution in [0.15, 0.2) is 60.7 Å². The van der Waals surface area contributed by atoms with Crippen LogP contribution in [0.4, 0.5) is 28.9 Å². The maximum Gasteiger partial charge on any atom is 0.417 e. The average molecular weight is 514 g/mol. The molecule has 10 heteroatoms. The van der Waals surface area contributed by atoms with E-state index < -0.39 is 34.6 Å². The number of amides is 1. The van der Waals surface area contributed by atoms with Crippen molar-refractivity contribution in [1.29, 1.82) is 5.26 Å². The normalized spacial score (nSPS) is 15.3. The molecule has 0 unspecified atom stereocenters. The molecule has 1 aliphatic heterocycles. The van der Waals surface area contributed by atoms with Crippen LogP contribution in [0.2, 0.25) is 0 Å². The average Bonchev–Trinajstić information content (AvgIpc) is 3.01. The number of hydrogen-bond donors (Lipinski definition) is 0. The van der Waals surface area contributed by atoms with Crippen LogP contribution >= 0.6 is 12.2 Å². The van der Waals surface area contributed by atoms with Gasteiger partial charge in [0.25, 0.3) is 5.91 Å². The van der Waals surface area contributed by atoms with Crippen molar-refractivity contribution in [2.75, 3.05) is 16.9 Å². The van der Waals surface area contributed by atoms with Gasteiger partial charge in [-0.15, -0.1) is 0 Å². The van der Waals surface area contributed by atoms with Gasteiger partial charge in [-0.05, 0) is 80.2 Å². The third-order valence-corrected chi connectivity index (χ3v) is 6.33. The lowest BCUT2D eigenvalue weighted by molar-refractivity contribution is -0.137. The van der Waals surface area contributed by atoms with Gasteiger partial charge in [0.1, 0.15) is 17.1 Å². The van der Waals surface area contributed by atoms with Crippen molar-refractivity contribution >= 4 is 34.6 Å². The van der Waals surface area contributed by atoms with E-state index in [9.17, 15) is 18.0 Å². The Bertz CT molecular complexity index is 1410. The minimum atomic E-state index is -4.80. The second-order valence-electron chi connectivity index (χ2n) is 8.55. The number of carbonyl (C=O) groups is 1. The van der Waals surface area contributed by atoms with Crippen molar-refractivity contribution in [3.8, 4) is 22.9 Å². The predicted molar refractivity (Wildman–Crippen MR) is 131 cm³/mol. The molecule has 0 bridgehead atoms. The number of rotatable bonds is 4. The topological polar surface area (TPSA) is 56.6 Å². The molecule has 1 saturated heterocycles. The van der Waals surface area contributed by atoms with Crippen LogP contribution in [-0.4, -0.2) is 23.7 Å². The summed E-state index contributed by atoms with van der Waals surface area (Å²) in [6, 6.07) is 15.6. The number of benzene rings is 3. The van der Waals surface area contributed by atoms with Crippen LogP contribution in [-0.2, 0) is 11.0 Å². The summed E-state index contributed by atoms with van der Waals surface area (Å²) < 4.78 is 60.8. The molecule has 0 atom stereocenters. The molecule has 1 heterocycles. The molecule has 5 nitrogen and oxygen atoms in total. The van der Waals surface area contributed by atoms with Crippen LogP contribution < -0.4 is 14.5 Å². The quantitative estimate of drug-likeness (QED) is 0.302. The SMILES string of the molecule is COc1ccc(-c2ccc(N3C(=S)N(c4ccc(C#N)c(C(F)(F)F)c4)C(=O)C3(C)C)cc2F)cc1. The van der Waals surface area contributed by atoms with E-state index in [1.165, 1.54) is 30.2 Å². The molecule has 184 valence electrons. The minimum Gasteiger partial charge on any atom is -0.497 e. The van der Waals surface area contributed by atoms with Crippen molar-refractivity contribution in [1.82, 2.24) is 0 Å². The standard InChI is InChI=1S/C26H19F4N3O2S/c1-25(2)23(34)32(17-7-4-16(14-31)21(12-17)26(28,29)30)24(36)33(25)18-8-11-20(22(27)13-18)15-5-9-19(35-3)10-6-15/h4-13H,1-3H3. The zero-order chi connectivity index (χ0) is 26.4. The van der Waals surface area contributed by atoms with Crippen molar-refractivity contribution in [2.24, 2.45) is 0 Å². The van der Waals surface area contributed by atoms with Crippen LogP contribution in [0.25, 0.3) is 11.1 Å². The van der Waals surface area contributed by atoms with E-state index in [0.29, 0.717) is 16.9 Å². The van der Waals surface area contributed by atoms with Gasteiger partial charge < -0.3 is 9.64 Å². The van der Waals surface area contributed by atoms with Crippen molar-refractivity contribution in [3.63, 3.8) is 0 Å². The molecular formula is C26H19F4N3O2S. The van der Waals surface area contributed by atoms with Gasteiger partial charge in [0.15, 0.2) is 5.11 Å². The third kappa shape index (κ3) is 4.16. The number of nitrogens with zero attached hydrogens (tertiary/aromatic N) is 3. The van der Waals surface area contributed by atoms with E-state index in [-0.39, 0.29) is 16.5 Å². The Morgan fingerprint density at radius 1 is 1.00 bits per heavy atom. The number of thiocarbonyl (C=S) groups is 1. The fourth-order valence-electron chi connectivity index (χ4n) is 4.11. The number of ether oxygens (including phenoxy) is 1. The minimum absolute atomic E-state index is 0.112. The van der Waals surface area contributed by atoms with Gasteiger partial charge >= 0.3 is 6.18 Å². The Morgan fingerprint density at radius 3 is 2.19 bits per heavy atom. The zero-order valence-electron chi connectivity index (χ0n) is 19.4. The van der Waals surface area contributed by atoms with Crippen molar-refractivity contribution < 1.29 is 27.1 Å². The van der Waals surface area contributed by atoms with Crippen molar-refractivity contribution in [2.45, 2.75) is 25.6 Å². The first-order valence-corrected chi connectivity index (χ1v) is 11.0. The first-order chi connectivity index (χ1) is 16.9. The van der Waals surface area contributed by atoms with E-state index in [4.69, 9.17) is 22.2 Å². The lowest BCUT2D eigenvalue weighted by Crippen LogP contribution is -2.44. The summed E-state index contributed by atoms with van der Waals surface area (Å²) in [6.07, 6.45) is -4.80. The predicted octanol–water partition coefficient (Wildman–Crippen LogP) is 6.31. The first-order valence-electron chi connectivity index (χ1n) is 10.6. The van der Waals surface area contributed by atoms with Crippen LogP contribution in [0, 0.1) is 17.1 Å². The monoisotopic (exact) mass is 513 g/mol. The molecule has 1 amide bonds. The number of carbonyl (C=O) groups excluding carboxylic acids is 1. The molecule has 0 N–H and O–H groups in total. The summed E-state index contributed by atoms with van der Waals surface area (Å²) in [6.45, 7) is 3.09. The largest absolute Gasteiger partial charge is 0.497 e.